The van der Waals surface area contributed by atoms with Gasteiger partial charge in [0.2, 0.25) is 0 Å². The summed E-state index contributed by atoms with van der Waals surface area (Å²) in [6, 6.07) is 2.56. The summed E-state index contributed by atoms with van der Waals surface area (Å²) in [6.45, 7) is 1.22. The van der Waals surface area contributed by atoms with Crippen LogP contribution in [-0.4, -0.2) is 26.3 Å². The molecule has 0 saturated carbocycles. The topological polar surface area (TPSA) is 12.5 Å². The van der Waals surface area contributed by atoms with Gasteiger partial charge in [-0.15, -0.1) is 11.6 Å². The molecule has 0 N–H and O–H groups in total. The molecule has 0 aromatic heterocycles. The number of hydrogen-bond acceptors (Lipinski definition) is 2. The second kappa shape index (κ2) is 6.53. The summed E-state index contributed by atoms with van der Waals surface area (Å²) in [5.41, 5.74) is 0.436. The molecule has 1 heterocycles. The highest BCUT2D eigenvalue weighted by atomic mass is 35.5. The Kier molecular flexibility index (Phi) is 4.99. The molecule has 1 aliphatic rings. The quantitative estimate of drug-likeness (QED) is 0.784. The van der Waals surface area contributed by atoms with Crippen LogP contribution in [0.4, 0.5) is 14.5 Å². The Bertz CT molecular complexity index is 412. The second-order valence-corrected chi connectivity index (χ2v) is 5.18. The highest BCUT2D eigenvalue weighted by Crippen LogP contribution is 2.26. The minimum absolute atomic E-state index is 0.0111. The molecule has 1 unspecified atom stereocenters. The Hall–Kier alpha value is -0.870. The third kappa shape index (κ3) is 3.57. The summed E-state index contributed by atoms with van der Waals surface area (Å²) in [7, 11) is 1.68. The van der Waals surface area contributed by atoms with Crippen molar-refractivity contribution in [2.45, 2.75) is 31.2 Å². The van der Waals surface area contributed by atoms with E-state index < -0.39 is 11.6 Å². The molecule has 106 valence electrons. The average Bonchev–Trinajstić information content (AvgIpc) is 2.38. The fourth-order valence-electron chi connectivity index (χ4n) is 2.41. The molecule has 0 aliphatic carbocycles. The third-order valence-electron chi connectivity index (χ3n) is 3.36. The number of halogens is 3. The number of alkyl halides is 1. The van der Waals surface area contributed by atoms with E-state index >= 15 is 0 Å². The smallest absolute Gasteiger partial charge is 0.149 e. The van der Waals surface area contributed by atoms with Gasteiger partial charge in [-0.25, -0.2) is 8.78 Å². The highest BCUT2D eigenvalue weighted by molar-refractivity contribution is 6.17. The van der Waals surface area contributed by atoms with Gasteiger partial charge in [0.15, 0.2) is 0 Å². The van der Waals surface area contributed by atoms with Crippen LogP contribution < -0.4 is 4.90 Å². The summed E-state index contributed by atoms with van der Waals surface area (Å²) < 4.78 is 33.4. The van der Waals surface area contributed by atoms with Crippen LogP contribution in [0.15, 0.2) is 12.1 Å². The van der Waals surface area contributed by atoms with Crippen molar-refractivity contribution in [3.63, 3.8) is 0 Å². The molecule has 0 radical (unpaired) electrons. The van der Waals surface area contributed by atoms with Crippen molar-refractivity contribution in [1.29, 1.82) is 0 Å². The van der Waals surface area contributed by atoms with Crippen LogP contribution in [0, 0.1) is 11.6 Å². The van der Waals surface area contributed by atoms with Gasteiger partial charge in [0, 0.05) is 26.1 Å². The van der Waals surface area contributed by atoms with Gasteiger partial charge in [-0.1, -0.05) is 0 Å². The first-order valence-corrected chi connectivity index (χ1v) is 7.02. The molecule has 0 amide bonds. The molecule has 1 atom stereocenters. The predicted molar refractivity (Wildman–Crippen MR) is 72.8 cm³/mol. The first-order valence-electron chi connectivity index (χ1n) is 6.48. The third-order valence-corrected chi connectivity index (χ3v) is 3.67. The maximum atomic E-state index is 13.9. The Morgan fingerprint density at radius 2 is 2.00 bits per heavy atom. The van der Waals surface area contributed by atoms with Crippen molar-refractivity contribution < 1.29 is 13.5 Å². The zero-order valence-electron chi connectivity index (χ0n) is 11.0. The van der Waals surface area contributed by atoms with E-state index in [1.54, 1.807) is 11.9 Å². The van der Waals surface area contributed by atoms with Crippen LogP contribution in [0.3, 0.4) is 0 Å². The molecular weight excluding hydrogens is 272 g/mol. The van der Waals surface area contributed by atoms with Gasteiger partial charge in [0.05, 0.1) is 6.10 Å². The van der Waals surface area contributed by atoms with Crippen molar-refractivity contribution in [3.8, 4) is 0 Å². The van der Waals surface area contributed by atoms with E-state index in [1.165, 1.54) is 12.1 Å². The summed E-state index contributed by atoms with van der Waals surface area (Å²) in [6.07, 6.45) is 3.15. The molecule has 1 aliphatic heterocycles. The zero-order chi connectivity index (χ0) is 13.8. The van der Waals surface area contributed by atoms with Crippen LogP contribution in [0.2, 0.25) is 0 Å². The van der Waals surface area contributed by atoms with E-state index in [1.807, 2.05) is 0 Å². The lowest BCUT2D eigenvalue weighted by molar-refractivity contribution is 0.0215. The SMILES string of the molecule is CN(CC1CCCCO1)c1c(F)cc(CCl)cc1F. The van der Waals surface area contributed by atoms with Crippen LogP contribution in [0.25, 0.3) is 0 Å². The molecule has 2 nitrogen and oxygen atoms in total. The minimum atomic E-state index is -0.575. The lowest BCUT2D eigenvalue weighted by Crippen LogP contribution is -2.34. The number of hydrogen-bond donors (Lipinski definition) is 0. The monoisotopic (exact) mass is 289 g/mol. The molecule has 2 rings (SSSR count). The summed E-state index contributed by atoms with van der Waals surface area (Å²) >= 11 is 5.59. The van der Waals surface area contributed by atoms with Gasteiger partial charge in [-0.05, 0) is 37.0 Å². The molecule has 0 spiro atoms. The average molecular weight is 290 g/mol. The van der Waals surface area contributed by atoms with Crippen molar-refractivity contribution in [2.75, 3.05) is 25.1 Å². The lowest BCUT2D eigenvalue weighted by Gasteiger charge is -2.29. The molecule has 1 fully saturated rings. The Morgan fingerprint density at radius 3 is 2.53 bits per heavy atom. The predicted octanol–water partition coefficient (Wildman–Crippen LogP) is 3.71. The summed E-state index contributed by atoms with van der Waals surface area (Å²) in [5, 5.41) is 0. The zero-order valence-corrected chi connectivity index (χ0v) is 11.7. The van der Waals surface area contributed by atoms with Gasteiger partial charge >= 0.3 is 0 Å². The van der Waals surface area contributed by atoms with E-state index in [4.69, 9.17) is 16.3 Å². The molecule has 1 aromatic carbocycles. The molecule has 1 saturated heterocycles. The maximum Gasteiger partial charge on any atom is 0.149 e. The number of rotatable bonds is 4. The Balaban J connectivity index is 2.11. The number of nitrogens with zero attached hydrogens (tertiary/aromatic N) is 1. The van der Waals surface area contributed by atoms with Crippen molar-refractivity contribution in [1.82, 2.24) is 0 Å². The van der Waals surface area contributed by atoms with Gasteiger partial charge in [-0.3, -0.25) is 0 Å². The van der Waals surface area contributed by atoms with Crippen LogP contribution in [-0.2, 0) is 10.6 Å². The Morgan fingerprint density at radius 1 is 1.32 bits per heavy atom. The number of ether oxygens (including phenoxy) is 1. The van der Waals surface area contributed by atoms with Crippen molar-refractivity contribution in [2.24, 2.45) is 0 Å². The van der Waals surface area contributed by atoms with E-state index in [9.17, 15) is 8.78 Å². The van der Waals surface area contributed by atoms with Crippen LogP contribution in [0.1, 0.15) is 24.8 Å². The fourth-order valence-corrected chi connectivity index (χ4v) is 2.56. The summed E-state index contributed by atoms with van der Waals surface area (Å²) in [4.78, 5) is 1.58. The van der Waals surface area contributed by atoms with Crippen LogP contribution >= 0.6 is 11.6 Å². The first-order chi connectivity index (χ1) is 9.11. The maximum absolute atomic E-state index is 13.9. The van der Waals surface area contributed by atoms with Gasteiger partial charge < -0.3 is 9.64 Å². The molecule has 1 aromatic rings. The van der Waals surface area contributed by atoms with E-state index in [2.05, 4.69) is 0 Å². The highest BCUT2D eigenvalue weighted by Gasteiger charge is 2.20. The Labute approximate surface area is 117 Å². The lowest BCUT2D eigenvalue weighted by atomic mass is 10.1. The molecule has 19 heavy (non-hydrogen) atoms. The van der Waals surface area contributed by atoms with Crippen LogP contribution in [0.5, 0.6) is 0 Å². The van der Waals surface area contributed by atoms with Gasteiger partial charge in [0.25, 0.3) is 0 Å². The molecular formula is C14H18ClF2NO. The number of likely N-dealkylation sites (N-methyl/N-ethyl adjacent to an activating group) is 1. The fraction of sp³-hybridized carbons (Fsp3) is 0.571. The first kappa shape index (κ1) is 14.5. The number of anilines is 1. The summed E-state index contributed by atoms with van der Waals surface area (Å²) in [5.74, 6) is -1.05. The molecule has 0 bridgehead atoms. The van der Waals surface area contributed by atoms with Gasteiger partial charge in [-0.2, -0.15) is 0 Å². The normalized spacial score (nSPS) is 19.5. The van der Waals surface area contributed by atoms with Crippen molar-refractivity contribution in [3.05, 3.63) is 29.3 Å². The van der Waals surface area contributed by atoms with E-state index in [0.717, 1.165) is 25.9 Å². The van der Waals surface area contributed by atoms with E-state index in [0.29, 0.717) is 12.1 Å². The standard InChI is InChI=1S/C14H18ClF2NO/c1-18(9-11-4-2-3-5-19-11)14-12(16)6-10(8-15)7-13(14)17/h6-7,11H,2-5,8-9H2,1H3. The largest absolute Gasteiger partial charge is 0.376 e. The number of benzene rings is 1. The minimum Gasteiger partial charge on any atom is -0.376 e. The van der Waals surface area contributed by atoms with Gasteiger partial charge in [0.1, 0.15) is 17.3 Å². The van der Waals surface area contributed by atoms with E-state index in [-0.39, 0.29) is 17.7 Å². The van der Waals surface area contributed by atoms with Crippen molar-refractivity contribution >= 4 is 17.3 Å². The second-order valence-electron chi connectivity index (χ2n) is 4.91. The molecule has 5 heteroatoms.